The van der Waals surface area contributed by atoms with E-state index in [1.165, 1.54) is 0 Å². The molecule has 6 nitrogen and oxygen atoms in total. The van der Waals surface area contributed by atoms with Crippen LogP contribution in [0.3, 0.4) is 0 Å². The van der Waals surface area contributed by atoms with Crippen LogP contribution in [-0.2, 0) is 24.1 Å². The molecule has 0 saturated carbocycles. The molecule has 0 spiro atoms. The molecule has 3 atom stereocenters. The first-order valence-corrected chi connectivity index (χ1v) is 8.77. The molecule has 20 heavy (non-hydrogen) atoms. The topological polar surface area (TPSA) is 89.9 Å². The van der Waals surface area contributed by atoms with E-state index in [4.69, 9.17) is 14.6 Å². The molecule has 2 heterocycles. The third-order valence-electron chi connectivity index (χ3n) is 3.98. The van der Waals surface area contributed by atoms with Crippen LogP contribution in [0.15, 0.2) is 0 Å². The molecule has 0 aromatic rings. The van der Waals surface area contributed by atoms with Crippen LogP contribution in [0.1, 0.15) is 45.4 Å². The number of sulfone groups is 1. The van der Waals surface area contributed by atoms with E-state index in [-0.39, 0.29) is 18.3 Å². The highest BCUT2D eigenvalue weighted by atomic mass is 32.2. The molecule has 116 valence electrons. The van der Waals surface area contributed by atoms with Crippen molar-refractivity contribution in [1.82, 2.24) is 0 Å². The first-order valence-electron chi connectivity index (χ1n) is 7.06. The Morgan fingerprint density at radius 3 is 2.80 bits per heavy atom. The molecule has 2 aliphatic rings. The van der Waals surface area contributed by atoms with Gasteiger partial charge in [0, 0.05) is 12.8 Å². The van der Waals surface area contributed by atoms with Gasteiger partial charge in [-0.2, -0.15) is 0 Å². The maximum atomic E-state index is 12.0. The average molecular weight is 306 g/mol. The van der Waals surface area contributed by atoms with Gasteiger partial charge in [-0.15, -0.1) is 0 Å². The molecule has 0 aromatic carbocycles. The first kappa shape index (κ1) is 15.7. The largest absolute Gasteiger partial charge is 0.481 e. The van der Waals surface area contributed by atoms with E-state index in [1.807, 2.05) is 0 Å². The number of ether oxygens (including phenoxy) is 2. The summed E-state index contributed by atoms with van der Waals surface area (Å²) in [5.41, 5.74) is 0. The Morgan fingerprint density at radius 1 is 1.40 bits per heavy atom. The lowest BCUT2D eigenvalue weighted by molar-refractivity contribution is -0.160. The van der Waals surface area contributed by atoms with Gasteiger partial charge in [0.1, 0.15) is 0 Å². The molecular formula is C13H22O6S. The summed E-state index contributed by atoms with van der Waals surface area (Å²) in [5.74, 6) is -1.52. The lowest BCUT2D eigenvalue weighted by Gasteiger charge is -2.30. The zero-order valence-corrected chi connectivity index (χ0v) is 12.5. The maximum absolute atomic E-state index is 12.0. The molecular weight excluding hydrogens is 284 g/mol. The predicted octanol–water partition coefficient (Wildman–Crippen LogP) is 1.34. The van der Waals surface area contributed by atoms with E-state index in [2.05, 4.69) is 0 Å². The van der Waals surface area contributed by atoms with Crippen molar-refractivity contribution in [3.8, 4) is 0 Å². The van der Waals surface area contributed by atoms with Gasteiger partial charge in [0.15, 0.2) is 15.6 Å². The van der Waals surface area contributed by atoms with E-state index in [9.17, 15) is 13.2 Å². The molecule has 0 bridgehead atoms. The molecule has 2 saturated heterocycles. The van der Waals surface area contributed by atoms with Crippen molar-refractivity contribution in [3.05, 3.63) is 0 Å². The Morgan fingerprint density at radius 2 is 2.15 bits per heavy atom. The Labute approximate surface area is 119 Å². The summed E-state index contributed by atoms with van der Waals surface area (Å²) >= 11 is 0. The Balaban J connectivity index is 1.90. The van der Waals surface area contributed by atoms with Crippen LogP contribution in [0.5, 0.6) is 0 Å². The molecule has 0 amide bonds. The lowest BCUT2D eigenvalue weighted by Crippen LogP contribution is -2.38. The monoisotopic (exact) mass is 306 g/mol. The van der Waals surface area contributed by atoms with Gasteiger partial charge in [0.2, 0.25) is 0 Å². The van der Waals surface area contributed by atoms with Gasteiger partial charge in [-0.05, 0) is 26.2 Å². The van der Waals surface area contributed by atoms with Crippen LogP contribution in [0.4, 0.5) is 0 Å². The fourth-order valence-corrected chi connectivity index (χ4v) is 4.91. The third-order valence-corrected chi connectivity index (χ3v) is 6.26. The molecule has 1 N–H and O–H groups in total. The molecule has 2 rings (SSSR count). The van der Waals surface area contributed by atoms with Gasteiger partial charge in [-0.1, -0.05) is 6.42 Å². The second kappa shape index (κ2) is 5.99. The van der Waals surface area contributed by atoms with Crippen LogP contribution in [0.25, 0.3) is 0 Å². The van der Waals surface area contributed by atoms with Crippen LogP contribution >= 0.6 is 0 Å². The Hall–Kier alpha value is -0.660. The van der Waals surface area contributed by atoms with Crippen molar-refractivity contribution < 1.29 is 27.8 Å². The number of rotatable bonds is 5. The SMILES string of the molecule is CC1(CC2CCCCS2(=O)=O)OCC(CCC(=O)O)O1. The number of aliphatic carboxylic acids is 1. The third kappa shape index (κ3) is 3.93. The summed E-state index contributed by atoms with van der Waals surface area (Å²) in [6, 6.07) is 0. The summed E-state index contributed by atoms with van der Waals surface area (Å²) in [6.45, 7) is 2.08. The van der Waals surface area contributed by atoms with Gasteiger partial charge < -0.3 is 14.6 Å². The maximum Gasteiger partial charge on any atom is 0.303 e. The van der Waals surface area contributed by atoms with Crippen molar-refractivity contribution in [1.29, 1.82) is 0 Å². The lowest BCUT2D eigenvalue weighted by atomic mass is 10.1. The average Bonchev–Trinajstić information content (AvgIpc) is 2.71. The fourth-order valence-electron chi connectivity index (χ4n) is 2.89. The van der Waals surface area contributed by atoms with Gasteiger partial charge in [-0.3, -0.25) is 4.79 Å². The Bertz CT molecular complexity index is 459. The molecule has 2 aliphatic heterocycles. The highest BCUT2D eigenvalue weighted by Crippen LogP contribution is 2.34. The molecule has 0 aliphatic carbocycles. The van der Waals surface area contributed by atoms with Gasteiger partial charge in [0.05, 0.1) is 23.7 Å². The summed E-state index contributed by atoms with van der Waals surface area (Å²) in [5, 5.41) is 8.25. The van der Waals surface area contributed by atoms with E-state index < -0.39 is 26.8 Å². The number of carboxylic acids is 1. The van der Waals surface area contributed by atoms with Gasteiger partial charge in [0.25, 0.3) is 0 Å². The highest BCUT2D eigenvalue weighted by Gasteiger charge is 2.42. The Kier molecular flexibility index (Phi) is 4.71. The van der Waals surface area contributed by atoms with E-state index in [0.29, 0.717) is 25.9 Å². The summed E-state index contributed by atoms with van der Waals surface area (Å²) in [7, 11) is -3.05. The number of carboxylic acid groups (broad SMARTS) is 1. The van der Waals surface area contributed by atoms with Crippen molar-refractivity contribution in [2.45, 2.75) is 62.6 Å². The molecule has 3 unspecified atom stereocenters. The van der Waals surface area contributed by atoms with Crippen molar-refractivity contribution in [3.63, 3.8) is 0 Å². The van der Waals surface area contributed by atoms with Crippen LogP contribution in [0.2, 0.25) is 0 Å². The quantitative estimate of drug-likeness (QED) is 0.824. The van der Waals surface area contributed by atoms with Gasteiger partial charge >= 0.3 is 5.97 Å². The standard InChI is InChI=1S/C13H22O6S/c1-13(8-11-4-2-3-7-20(11,16)17)18-9-10(19-13)5-6-12(14)15/h10-11H,2-9H2,1H3,(H,14,15). The predicted molar refractivity (Wildman–Crippen MR) is 72.1 cm³/mol. The first-order chi connectivity index (χ1) is 9.31. The smallest absolute Gasteiger partial charge is 0.303 e. The minimum absolute atomic E-state index is 0.0336. The van der Waals surface area contributed by atoms with Crippen molar-refractivity contribution in [2.24, 2.45) is 0 Å². The molecule has 7 heteroatoms. The summed E-state index contributed by atoms with van der Waals surface area (Å²) in [4.78, 5) is 10.5. The minimum atomic E-state index is -3.05. The molecule has 0 aromatic heterocycles. The number of carbonyl (C=O) groups is 1. The zero-order chi connectivity index (χ0) is 14.8. The van der Waals surface area contributed by atoms with Crippen LogP contribution < -0.4 is 0 Å². The molecule has 0 radical (unpaired) electrons. The van der Waals surface area contributed by atoms with Gasteiger partial charge in [-0.25, -0.2) is 8.42 Å². The summed E-state index contributed by atoms with van der Waals surface area (Å²) in [6.07, 6.45) is 2.81. The second-order valence-corrected chi connectivity index (χ2v) is 8.21. The van der Waals surface area contributed by atoms with Crippen molar-refractivity contribution >= 4 is 15.8 Å². The van der Waals surface area contributed by atoms with E-state index >= 15 is 0 Å². The second-order valence-electron chi connectivity index (χ2n) is 5.81. The van der Waals surface area contributed by atoms with Crippen LogP contribution in [-0.4, -0.2) is 49.0 Å². The molecule has 2 fully saturated rings. The van der Waals surface area contributed by atoms with E-state index in [1.54, 1.807) is 6.92 Å². The van der Waals surface area contributed by atoms with Crippen LogP contribution in [0, 0.1) is 0 Å². The zero-order valence-electron chi connectivity index (χ0n) is 11.7. The normalized spacial score (nSPS) is 36.9. The van der Waals surface area contributed by atoms with E-state index in [0.717, 1.165) is 12.8 Å². The fraction of sp³-hybridized carbons (Fsp3) is 0.923. The summed E-state index contributed by atoms with van der Waals surface area (Å²) < 4.78 is 35.4. The van der Waals surface area contributed by atoms with Crippen molar-refractivity contribution in [2.75, 3.05) is 12.4 Å². The number of hydrogen-bond donors (Lipinski definition) is 1. The number of hydrogen-bond acceptors (Lipinski definition) is 5. The highest BCUT2D eigenvalue weighted by molar-refractivity contribution is 7.92. The minimum Gasteiger partial charge on any atom is -0.481 e.